The van der Waals surface area contributed by atoms with E-state index in [1.165, 1.54) is 7.11 Å². The number of hydrogen-bond donors (Lipinski definition) is 0. The molecule has 0 heterocycles. The van der Waals surface area contributed by atoms with Gasteiger partial charge in [-0.15, -0.1) is 0 Å². The maximum absolute atomic E-state index is 11.4. The first-order valence-electron chi connectivity index (χ1n) is 7.72. The number of methoxy groups -OCH3 is 2. The Labute approximate surface area is 137 Å². The van der Waals surface area contributed by atoms with Crippen molar-refractivity contribution in [1.82, 2.24) is 0 Å². The van der Waals surface area contributed by atoms with Gasteiger partial charge in [0.25, 0.3) is 0 Å². The smallest absolute Gasteiger partial charge is 0.305 e. The summed E-state index contributed by atoms with van der Waals surface area (Å²) in [5, 5.41) is 0. The average Bonchev–Trinajstić information content (AvgIpc) is 2.57. The van der Waals surface area contributed by atoms with E-state index in [0.717, 1.165) is 18.5 Å². The van der Waals surface area contributed by atoms with E-state index in [2.05, 4.69) is 4.90 Å². The number of esters is 1. The Balaban J connectivity index is 2.91. The van der Waals surface area contributed by atoms with E-state index in [4.69, 9.17) is 14.2 Å². The standard InChI is InChI=1S/C17H25NO5/c1-5-18(9-7-8-17(20)23-6-2)14-11-15(21-3)13(12-19)10-16(14)22-4/h10-12H,5-9H2,1-4H3. The van der Waals surface area contributed by atoms with Gasteiger partial charge in [-0.05, 0) is 26.3 Å². The summed E-state index contributed by atoms with van der Waals surface area (Å²) in [6.45, 7) is 5.62. The van der Waals surface area contributed by atoms with Gasteiger partial charge in [0.2, 0.25) is 0 Å². The van der Waals surface area contributed by atoms with Crippen LogP contribution in [0.25, 0.3) is 0 Å². The molecule has 0 spiro atoms. The molecule has 0 aliphatic rings. The van der Waals surface area contributed by atoms with Gasteiger partial charge in [0.1, 0.15) is 11.5 Å². The second-order valence-corrected chi connectivity index (χ2v) is 4.87. The third kappa shape index (κ3) is 5.16. The summed E-state index contributed by atoms with van der Waals surface area (Å²) in [7, 11) is 3.09. The van der Waals surface area contributed by atoms with Crippen molar-refractivity contribution in [3.05, 3.63) is 17.7 Å². The van der Waals surface area contributed by atoms with E-state index in [-0.39, 0.29) is 5.97 Å². The molecule has 0 radical (unpaired) electrons. The second-order valence-electron chi connectivity index (χ2n) is 4.87. The summed E-state index contributed by atoms with van der Waals surface area (Å²) < 4.78 is 15.6. The first-order chi connectivity index (χ1) is 11.1. The van der Waals surface area contributed by atoms with E-state index >= 15 is 0 Å². The topological polar surface area (TPSA) is 65.1 Å². The molecule has 0 aliphatic carbocycles. The number of anilines is 1. The zero-order chi connectivity index (χ0) is 17.2. The van der Waals surface area contributed by atoms with Gasteiger partial charge in [0.15, 0.2) is 6.29 Å². The summed E-state index contributed by atoms with van der Waals surface area (Å²) in [4.78, 5) is 24.6. The fourth-order valence-electron chi connectivity index (χ4n) is 2.34. The molecule has 1 rings (SSSR count). The molecule has 1 aromatic rings. The van der Waals surface area contributed by atoms with Crippen LogP contribution in [0.1, 0.15) is 37.0 Å². The molecule has 23 heavy (non-hydrogen) atoms. The van der Waals surface area contributed by atoms with Crippen LogP contribution in [0.2, 0.25) is 0 Å². The van der Waals surface area contributed by atoms with Gasteiger partial charge in [-0.25, -0.2) is 0 Å². The Kier molecular flexibility index (Phi) is 7.94. The first kappa shape index (κ1) is 18.8. The van der Waals surface area contributed by atoms with E-state index in [9.17, 15) is 9.59 Å². The molecule has 0 atom stereocenters. The number of hydrogen-bond acceptors (Lipinski definition) is 6. The van der Waals surface area contributed by atoms with E-state index < -0.39 is 0 Å². The Hall–Kier alpha value is -2.24. The number of nitrogens with zero attached hydrogens (tertiary/aromatic N) is 1. The van der Waals surface area contributed by atoms with Crippen molar-refractivity contribution in [1.29, 1.82) is 0 Å². The third-order valence-electron chi connectivity index (χ3n) is 3.49. The number of ether oxygens (including phenoxy) is 3. The van der Waals surface area contributed by atoms with Crippen LogP contribution >= 0.6 is 0 Å². The van der Waals surface area contributed by atoms with Gasteiger partial charge < -0.3 is 19.1 Å². The van der Waals surface area contributed by atoms with Crippen molar-refractivity contribution in [3.8, 4) is 11.5 Å². The summed E-state index contributed by atoms with van der Waals surface area (Å²) in [5.41, 5.74) is 1.27. The Bertz CT molecular complexity index is 530. The van der Waals surface area contributed by atoms with Crippen LogP contribution in [-0.2, 0) is 9.53 Å². The van der Waals surface area contributed by atoms with Gasteiger partial charge in [-0.1, -0.05) is 0 Å². The molecule has 6 nitrogen and oxygen atoms in total. The molecule has 0 N–H and O–H groups in total. The highest BCUT2D eigenvalue weighted by atomic mass is 16.5. The van der Waals surface area contributed by atoms with Crippen LogP contribution < -0.4 is 14.4 Å². The first-order valence-corrected chi connectivity index (χ1v) is 7.72. The van der Waals surface area contributed by atoms with Crippen molar-refractivity contribution in [2.75, 3.05) is 38.8 Å². The number of benzene rings is 1. The minimum atomic E-state index is -0.190. The maximum Gasteiger partial charge on any atom is 0.305 e. The second kappa shape index (κ2) is 9.71. The van der Waals surface area contributed by atoms with Crippen LogP contribution in [-0.4, -0.2) is 46.2 Å². The van der Waals surface area contributed by atoms with Crippen LogP contribution in [0.15, 0.2) is 12.1 Å². The molecule has 0 amide bonds. The van der Waals surface area contributed by atoms with Gasteiger partial charge in [-0.3, -0.25) is 9.59 Å². The normalized spacial score (nSPS) is 10.1. The number of rotatable bonds is 10. The monoisotopic (exact) mass is 323 g/mol. The highest BCUT2D eigenvalue weighted by Crippen LogP contribution is 2.35. The van der Waals surface area contributed by atoms with Crippen molar-refractivity contribution in [2.45, 2.75) is 26.7 Å². The largest absolute Gasteiger partial charge is 0.496 e. The maximum atomic E-state index is 11.4. The fourth-order valence-corrected chi connectivity index (χ4v) is 2.34. The lowest BCUT2D eigenvalue weighted by atomic mass is 10.1. The Morgan fingerprint density at radius 2 is 1.87 bits per heavy atom. The Morgan fingerprint density at radius 1 is 1.17 bits per heavy atom. The number of aldehydes is 1. The van der Waals surface area contributed by atoms with Gasteiger partial charge in [0, 0.05) is 25.6 Å². The zero-order valence-electron chi connectivity index (χ0n) is 14.3. The van der Waals surface area contributed by atoms with Gasteiger partial charge in [-0.2, -0.15) is 0 Å². The SMILES string of the molecule is CCOC(=O)CCCN(CC)c1cc(OC)c(C=O)cc1OC. The predicted octanol–water partition coefficient (Wildman–Crippen LogP) is 2.69. The van der Waals surface area contributed by atoms with Crippen LogP contribution in [0.4, 0.5) is 5.69 Å². The molecule has 0 fully saturated rings. The lowest BCUT2D eigenvalue weighted by molar-refractivity contribution is -0.143. The molecule has 0 saturated heterocycles. The molecule has 0 aromatic heterocycles. The fraction of sp³-hybridized carbons (Fsp3) is 0.529. The van der Waals surface area contributed by atoms with Crippen molar-refractivity contribution >= 4 is 17.9 Å². The van der Waals surface area contributed by atoms with Crippen LogP contribution in [0.5, 0.6) is 11.5 Å². The minimum absolute atomic E-state index is 0.190. The van der Waals surface area contributed by atoms with Crippen LogP contribution in [0.3, 0.4) is 0 Å². The molecule has 0 unspecified atom stereocenters. The van der Waals surface area contributed by atoms with Gasteiger partial charge in [0.05, 0.1) is 32.1 Å². The summed E-state index contributed by atoms with van der Waals surface area (Å²) in [6, 6.07) is 3.45. The van der Waals surface area contributed by atoms with Crippen molar-refractivity contribution in [3.63, 3.8) is 0 Å². The molecule has 6 heteroatoms. The molecular weight excluding hydrogens is 298 g/mol. The summed E-state index contributed by atoms with van der Waals surface area (Å²) >= 11 is 0. The quantitative estimate of drug-likeness (QED) is 0.487. The molecule has 1 aromatic carbocycles. The van der Waals surface area contributed by atoms with E-state index in [1.807, 2.05) is 6.92 Å². The summed E-state index contributed by atoms with van der Waals surface area (Å²) in [5.74, 6) is 0.912. The van der Waals surface area contributed by atoms with E-state index in [1.54, 1.807) is 26.2 Å². The minimum Gasteiger partial charge on any atom is -0.496 e. The third-order valence-corrected chi connectivity index (χ3v) is 3.49. The molecular formula is C17H25NO5. The predicted molar refractivity (Wildman–Crippen MR) is 88.7 cm³/mol. The zero-order valence-corrected chi connectivity index (χ0v) is 14.3. The number of carbonyl (C=O) groups excluding carboxylic acids is 2. The molecule has 128 valence electrons. The highest BCUT2D eigenvalue weighted by molar-refractivity contribution is 5.83. The Morgan fingerprint density at radius 3 is 2.39 bits per heavy atom. The molecule has 0 bridgehead atoms. The number of carbonyl (C=O) groups is 2. The molecule has 0 aliphatic heterocycles. The highest BCUT2D eigenvalue weighted by Gasteiger charge is 2.16. The summed E-state index contributed by atoms with van der Waals surface area (Å²) in [6.07, 6.45) is 1.78. The molecule has 0 saturated carbocycles. The van der Waals surface area contributed by atoms with Gasteiger partial charge >= 0.3 is 5.97 Å². The van der Waals surface area contributed by atoms with Crippen molar-refractivity contribution in [2.24, 2.45) is 0 Å². The lowest BCUT2D eigenvalue weighted by Gasteiger charge is -2.26. The average molecular weight is 323 g/mol. The lowest BCUT2D eigenvalue weighted by Crippen LogP contribution is -2.25. The van der Waals surface area contributed by atoms with Crippen LogP contribution in [0, 0.1) is 0 Å². The van der Waals surface area contributed by atoms with Crippen molar-refractivity contribution < 1.29 is 23.8 Å². The van der Waals surface area contributed by atoms with E-state index in [0.29, 0.717) is 43.1 Å².